The monoisotopic (exact) mass is 293 g/mol. The number of carbonyl (C=O) groups is 1. The summed E-state index contributed by atoms with van der Waals surface area (Å²) in [5, 5.41) is 28.9. The van der Waals surface area contributed by atoms with Crippen molar-refractivity contribution >= 4 is 5.97 Å². The van der Waals surface area contributed by atoms with E-state index in [1.165, 1.54) is 12.1 Å². The quantitative estimate of drug-likeness (QED) is 0.776. The molecule has 2 rings (SSSR count). The predicted molar refractivity (Wildman–Crippen MR) is 70.5 cm³/mol. The molecule has 0 saturated heterocycles. The molecule has 21 heavy (non-hydrogen) atoms. The van der Waals surface area contributed by atoms with Crippen LogP contribution < -0.4 is 5.43 Å². The van der Waals surface area contributed by atoms with E-state index in [-0.39, 0.29) is 11.3 Å². The first-order chi connectivity index (χ1) is 9.90. The summed E-state index contributed by atoms with van der Waals surface area (Å²) < 4.78 is 13.9. The van der Waals surface area contributed by atoms with Crippen molar-refractivity contribution in [3.05, 3.63) is 63.8 Å². The van der Waals surface area contributed by atoms with Gasteiger partial charge in [-0.1, -0.05) is 12.1 Å². The van der Waals surface area contributed by atoms with Gasteiger partial charge in [0.15, 0.2) is 5.75 Å². The molecule has 0 radical (unpaired) electrons. The van der Waals surface area contributed by atoms with Gasteiger partial charge in [0.1, 0.15) is 18.5 Å². The first-order valence-electron chi connectivity index (χ1n) is 5.97. The number of nitrogens with zero attached hydrogens (tertiary/aromatic N) is 1. The van der Waals surface area contributed by atoms with Crippen LogP contribution in [0.5, 0.6) is 5.75 Å². The lowest BCUT2D eigenvalue weighted by Gasteiger charge is -2.18. The Hall–Kier alpha value is -2.67. The third-order valence-electron chi connectivity index (χ3n) is 2.94. The fourth-order valence-corrected chi connectivity index (χ4v) is 1.95. The van der Waals surface area contributed by atoms with Gasteiger partial charge >= 0.3 is 5.97 Å². The largest absolute Gasteiger partial charge is 0.503 e. The summed E-state index contributed by atoms with van der Waals surface area (Å²) >= 11 is 0. The Morgan fingerprint density at radius 1 is 1.24 bits per heavy atom. The van der Waals surface area contributed by atoms with Gasteiger partial charge in [0.05, 0.1) is 5.69 Å². The topological polar surface area (TPSA) is 99.8 Å². The second kappa shape index (κ2) is 5.76. The number of aromatic hydroxyl groups is 1. The Labute approximate surface area is 118 Å². The molecule has 7 heteroatoms. The maximum absolute atomic E-state index is 12.9. The number of hydrogen-bond donors (Lipinski definition) is 3. The summed E-state index contributed by atoms with van der Waals surface area (Å²) in [6, 6.07) is 5.78. The van der Waals surface area contributed by atoms with Crippen molar-refractivity contribution in [2.75, 3.05) is 0 Å². The zero-order valence-corrected chi connectivity index (χ0v) is 10.7. The maximum atomic E-state index is 12.9. The van der Waals surface area contributed by atoms with Crippen LogP contribution in [0.3, 0.4) is 0 Å². The van der Waals surface area contributed by atoms with Crippen LogP contribution in [0.25, 0.3) is 0 Å². The molecule has 1 aromatic heterocycles. The lowest BCUT2D eigenvalue weighted by molar-refractivity contribution is -0.137. The number of carboxylic acid groups (broad SMARTS) is 1. The Morgan fingerprint density at radius 2 is 1.86 bits per heavy atom. The number of halogens is 1. The Balaban J connectivity index is 2.54. The van der Waals surface area contributed by atoms with Crippen LogP contribution in [-0.2, 0) is 11.3 Å². The summed E-state index contributed by atoms with van der Waals surface area (Å²) in [4.78, 5) is 22.3. The van der Waals surface area contributed by atoms with Gasteiger partial charge in [-0.15, -0.1) is 0 Å². The van der Waals surface area contributed by atoms with Crippen molar-refractivity contribution in [3.8, 4) is 5.75 Å². The van der Waals surface area contributed by atoms with Crippen LogP contribution in [0.15, 0.2) is 41.3 Å². The van der Waals surface area contributed by atoms with Crippen LogP contribution in [0.2, 0.25) is 0 Å². The van der Waals surface area contributed by atoms with Crippen LogP contribution in [0.1, 0.15) is 17.4 Å². The number of aliphatic carboxylic acids is 1. The van der Waals surface area contributed by atoms with Crippen LogP contribution in [0.4, 0.5) is 4.39 Å². The number of carboxylic acids is 1. The number of hydrogen-bond acceptors (Lipinski definition) is 4. The molecule has 110 valence electrons. The van der Waals surface area contributed by atoms with Gasteiger partial charge in [0.25, 0.3) is 0 Å². The molecule has 2 aromatic rings. The molecule has 0 aliphatic heterocycles. The van der Waals surface area contributed by atoms with Crippen molar-refractivity contribution in [3.63, 3.8) is 0 Å². The SMILES string of the molecule is O=C(O)Cn1ccc(=O)c(O)c1C(O)c1ccc(F)cc1. The zero-order valence-electron chi connectivity index (χ0n) is 10.7. The summed E-state index contributed by atoms with van der Waals surface area (Å²) in [6.45, 7) is -0.540. The van der Waals surface area contributed by atoms with E-state index in [9.17, 15) is 24.2 Å². The van der Waals surface area contributed by atoms with E-state index < -0.39 is 35.6 Å². The molecule has 1 heterocycles. The first-order valence-corrected chi connectivity index (χ1v) is 5.97. The third kappa shape index (κ3) is 3.09. The van der Waals surface area contributed by atoms with E-state index in [2.05, 4.69) is 0 Å². The number of benzene rings is 1. The molecular formula is C14H12FNO5. The number of aromatic nitrogens is 1. The number of aliphatic hydroxyl groups is 1. The second-order valence-electron chi connectivity index (χ2n) is 4.39. The second-order valence-corrected chi connectivity index (χ2v) is 4.39. The smallest absolute Gasteiger partial charge is 0.323 e. The van der Waals surface area contributed by atoms with Crippen LogP contribution in [-0.4, -0.2) is 25.9 Å². The van der Waals surface area contributed by atoms with Crippen molar-refractivity contribution in [1.82, 2.24) is 4.57 Å². The van der Waals surface area contributed by atoms with Gasteiger partial charge < -0.3 is 19.9 Å². The molecule has 1 aromatic carbocycles. The van der Waals surface area contributed by atoms with Crippen molar-refractivity contribution in [2.45, 2.75) is 12.6 Å². The minimum absolute atomic E-state index is 0.219. The molecule has 0 fully saturated rings. The molecular weight excluding hydrogens is 281 g/mol. The molecule has 0 saturated carbocycles. The lowest BCUT2D eigenvalue weighted by atomic mass is 10.0. The van der Waals surface area contributed by atoms with E-state index in [0.717, 1.165) is 29.0 Å². The number of rotatable bonds is 4. The van der Waals surface area contributed by atoms with Crippen LogP contribution in [0, 0.1) is 5.82 Å². The van der Waals surface area contributed by atoms with E-state index in [4.69, 9.17) is 5.11 Å². The van der Waals surface area contributed by atoms with Crippen LogP contribution >= 0.6 is 0 Å². The van der Waals surface area contributed by atoms with Gasteiger partial charge in [-0.05, 0) is 17.7 Å². The van der Waals surface area contributed by atoms with Crippen molar-refractivity contribution in [1.29, 1.82) is 0 Å². The van der Waals surface area contributed by atoms with E-state index in [1.54, 1.807) is 0 Å². The zero-order chi connectivity index (χ0) is 15.6. The van der Waals surface area contributed by atoms with Gasteiger partial charge in [0, 0.05) is 12.3 Å². The molecule has 0 amide bonds. The molecule has 0 spiro atoms. The molecule has 1 atom stereocenters. The fraction of sp³-hybridized carbons (Fsp3) is 0.143. The standard InChI is InChI=1S/C14H12FNO5/c15-9-3-1-8(2-4-9)13(20)12-14(21)10(17)5-6-16(12)7-11(18)19/h1-6,13,20-21H,7H2,(H,18,19). The summed E-state index contributed by atoms with van der Waals surface area (Å²) in [5.41, 5.74) is -0.777. The summed E-state index contributed by atoms with van der Waals surface area (Å²) in [6.07, 6.45) is -0.294. The van der Waals surface area contributed by atoms with Gasteiger partial charge in [-0.25, -0.2) is 4.39 Å². The van der Waals surface area contributed by atoms with Gasteiger partial charge in [-0.3, -0.25) is 9.59 Å². The summed E-state index contributed by atoms with van der Waals surface area (Å²) in [5.74, 6) is -2.45. The van der Waals surface area contributed by atoms with Gasteiger partial charge in [0.2, 0.25) is 5.43 Å². The van der Waals surface area contributed by atoms with E-state index in [1.807, 2.05) is 0 Å². The fourth-order valence-electron chi connectivity index (χ4n) is 1.95. The average Bonchev–Trinajstić information content (AvgIpc) is 2.43. The minimum Gasteiger partial charge on any atom is -0.503 e. The van der Waals surface area contributed by atoms with Gasteiger partial charge in [-0.2, -0.15) is 0 Å². The molecule has 6 nitrogen and oxygen atoms in total. The predicted octanol–water partition coefficient (Wildman–Crippen LogP) is 0.859. The highest BCUT2D eigenvalue weighted by atomic mass is 19.1. The minimum atomic E-state index is -1.46. The molecule has 1 unspecified atom stereocenters. The Bertz CT molecular complexity index is 723. The Kier molecular flexibility index (Phi) is 4.04. The number of aliphatic hydroxyl groups excluding tert-OH is 1. The third-order valence-corrected chi connectivity index (χ3v) is 2.94. The molecule has 0 bridgehead atoms. The number of pyridine rings is 1. The normalized spacial score (nSPS) is 12.1. The molecule has 3 N–H and O–H groups in total. The summed E-state index contributed by atoms with van der Waals surface area (Å²) in [7, 11) is 0. The van der Waals surface area contributed by atoms with E-state index >= 15 is 0 Å². The maximum Gasteiger partial charge on any atom is 0.323 e. The Morgan fingerprint density at radius 3 is 2.43 bits per heavy atom. The molecule has 0 aliphatic rings. The highest BCUT2D eigenvalue weighted by molar-refractivity contribution is 5.66. The van der Waals surface area contributed by atoms with E-state index in [0.29, 0.717) is 0 Å². The van der Waals surface area contributed by atoms with Crippen molar-refractivity contribution in [2.24, 2.45) is 0 Å². The van der Waals surface area contributed by atoms with Crippen molar-refractivity contribution < 1.29 is 24.5 Å². The first kappa shape index (κ1) is 14.7. The highest BCUT2D eigenvalue weighted by Gasteiger charge is 2.21. The highest BCUT2D eigenvalue weighted by Crippen LogP contribution is 2.27. The lowest BCUT2D eigenvalue weighted by Crippen LogP contribution is -2.20. The molecule has 0 aliphatic carbocycles. The average molecular weight is 293 g/mol.